The number of hydrogen-bond donors (Lipinski definition) is 0. The third-order valence-electron chi connectivity index (χ3n) is 4.04. The number of rotatable bonds is 2. The molecule has 1 aromatic carbocycles. The van der Waals surface area contributed by atoms with Crippen LogP contribution in [-0.2, 0) is 6.42 Å². The Hall–Kier alpha value is -2.48. The number of fused-ring (bicyclic) bond motifs is 3. The van der Waals surface area contributed by atoms with Crippen molar-refractivity contribution in [1.29, 1.82) is 0 Å². The molecule has 0 saturated heterocycles. The standard InChI is InChI=1S/C18H14N2/c1-2-4-15-14(3-1)16-7-10-20-12-18(16)17(15)11-13-5-8-19-9-6-13/h1-10,12,17H,11H2. The summed E-state index contributed by atoms with van der Waals surface area (Å²) in [6, 6.07) is 15.0. The maximum atomic E-state index is 4.32. The fourth-order valence-corrected chi connectivity index (χ4v) is 3.12. The number of nitrogens with zero attached hydrogens (tertiary/aromatic N) is 2. The van der Waals surface area contributed by atoms with Gasteiger partial charge in [0.15, 0.2) is 0 Å². The molecule has 1 unspecified atom stereocenters. The van der Waals surface area contributed by atoms with Crippen LogP contribution < -0.4 is 0 Å². The molecule has 4 rings (SSSR count). The van der Waals surface area contributed by atoms with E-state index in [0.29, 0.717) is 5.92 Å². The normalized spacial score (nSPS) is 15.7. The van der Waals surface area contributed by atoms with Crippen molar-refractivity contribution < 1.29 is 0 Å². The van der Waals surface area contributed by atoms with Gasteiger partial charge in [0.25, 0.3) is 0 Å². The Balaban J connectivity index is 1.83. The number of aromatic nitrogens is 2. The van der Waals surface area contributed by atoms with E-state index < -0.39 is 0 Å². The molecule has 2 heteroatoms. The second kappa shape index (κ2) is 4.57. The van der Waals surface area contributed by atoms with Gasteiger partial charge < -0.3 is 0 Å². The van der Waals surface area contributed by atoms with Gasteiger partial charge in [-0.2, -0.15) is 0 Å². The lowest BCUT2D eigenvalue weighted by Gasteiger charge is -2.13. The molecule has 2 aromatic heterocycles. The Kier molecular flexibility index (Phi) is 2.59. The highest BCUT2D eigenvalue weighted by Crippen LogP contribution is 2.45. The van der Waals surface area contributed by atoms with Gasteiger partial charge in [-0.1, -0.05) is 24.3 Å². The second-order valence-corrected chi connectivity index (χ2v) is 5.16. The van der Waals surface area contributed by atoms with Crippen LogP contribution >= 0.6 is 0 Å². The lowest BCUT2D eigenvalue weighted by Crippen LogP contribution is -2.01. The monoisotopic (exact) mass is 258 g/mol. The molecular weight excluding hydrogens is 244 g/mol. The van der Waals surface area contributed by atoms with E-state index in [9.17, 15) is 0 Å². The highest BCUT2D eigenvalue weighted by Gasteiger charge is 2.28. The summed E-state index contributed by atoms with van der Waals surface area (Å²) in [5.41, 5.74) is 6.74. The molecule has 2 heterocycles. The second-order valence-electron chi connectivity index (χ2n) is 5.16. The van der Waals surface area contributed by atoms with E-state index in [1.807, 2.05) is 24.8 Å². The van der Waals surface area contributed by atoms with Gasteiger partial charge in [0, 0.05) is 30.7 Å². The van der Waals surface area contributed by atoms with E-state index in [0.717, 1.165) is 6.42 Å². The number of hydrogen-bond acceptors (Lipinski definition) is 2. The maximum absolute atomic E-state index is 4.32. The Bertz CT molecular complexity index is 705. The van der Waals surface area contributed by atoms with E-state index in [4.69, 9.17) is 0 Å². The third kappa shape index (κ3) is 1.73. The van der Waals surface area contributed by atoms with E-state index >= 15 is 0 Å². The zero-order valence-corrected chi connectivity index (χ0v) is 11.0. The van der Waals surface area contributed by atoms with Gasteiger partial charge in [0.2, 0.25) is 0 Å². The lowest BCUT2D eigenvalue weighted by molar-refractivity contribution is 0.820. The number of benzene rings is 1. The summed E-state index contributed by atoms with van der Waals surface area (Å²) >= 11 is 0. The van der Waals surface area contributed by atoms with Gasteiger partial charge in [-0.25, -0.2) is 0 Å². The lowest BCUT2D eigenvalue weighted by atomic mass is 9.91. The van der Waals surface area contributed by atoms with Crippen LogP contribution in [0.15, 0.2) is 67.3 Å². The number of pyridine rings is 2. The third-order valence-corrected chi connectivity index (χ3v) is 4.04. The minimum Gasteiger partial charge on any atom is -0.265 e. The summed E-state index contributed by atoms with van der Waals surface area (Å²) in [6.45, 7) is 0. The van der Waals surface area contributed by atoms with Crippen molar-refractivity contribution in [3.05, 3.63) is 83.9 Å². The van der Waals surface area contributed by atoms with Crippen molar-refractivity contribution in [2.45, 2.75) is 12.3 Å². The van der Waals surface area contributed by atoms with Gasteiger partial charge in [-0.15, -0.1) is 0 Å². The van der Waals surface area contributed by atoms with Crippen LogP contribution in [0, 0.1) is 0 Å². The predicted molar refractivity (Wildman–Crippen MR) is 79.5 cm³/mol. The van der Waals surface area contributed by atoms with Gasteiger partial charge in [-0.05, 0) is 52.4 Å². The van der Waals surface area contributed by atoms with Gasteiger partial charge >= 0.3 is 0 Å². The van der Waals surface area contributed by atoms with Crippen molar-refractivity contribution in [2.24, 2.45) is 0 Å². The zero-order valence-electron chi connectivity index (χ0n) is 11.0. The van der Waals surface area contributed by atoms with Crippen LogP contribution in [0.1, 0.15) is 22.6 Å². The molecule has 20 heavy (non-hydrogen) atoms. The first-order valence-corrected chi connectivity index (χ1v) is 6.85. The summed E-state index contributed by atoms with van der Waals surface area (Å²) in [6.07, 6.45) is 8.62. The molecule has 0 fully saturated rings. The van der Waals surface area contributed by atoms with Crippen molar-refractivity contribution in [3.63, 3.8) is 0 Å². The van der Waals surface area contributed by atoms with Crippen molar-refractivity contribution in [2.75, 3.05) is 0 Å². The van der Waals surface area contributed by atoms with Gasteiger partial charge in [-0.3, -0.25) is 9.97 Å². The van der Waals surface area contributed by atoms with Crippen LogP contribution in [0.25, 0.3) is 11.1 Å². The highest BCUT2D eigenvalue weighted by atomic mass is 14.6. The predicted octanol–water partition coefficient (Wildman–Crippen LogP) is 3.83. The summed E-state index contributed by atoms with van der Waals surface area (Å²) in [5.74, 6) is 0.400. The average Bonchev–Trinajstić information content (AvgIpc) is 2.84. The Morgan fingerprint density at radius 2 is 1.50 bits per heavy atom. The van der Waals surface area contributed by atoms with E-state index in [1.54, 1.807) is 0 Å². The molecule has 1 atom stereocenters. The topological polar surface area (TPSA) is 25.8 Å². The molecule has 1 aliphatic rings. The molecule has 0 radical (unpaired) electrons. The molecule has 0 bridgehead atoms. The van der Waals surface area contributed by atoms with E-state index in [-0.39, 0.29) is 0 Å². The summed E-state index contributed by atoms with van der Waals surface area (Å²) in [4.78, 5) is 8.42. The average molecular weight is 258 g/mol. The van der Waals surface area contributed by atoms with Crippen LogP contribution in [0.3, 0.4) is 0 Å². The summed E-state index contributed by atoms with van der Waals surface area (Å²) < 4.78 is 0. The van der Waals surface area contributed by atoms with Gasteiger partial charge in [0.1, 0.15) is 0 Å². The molecule has 0 aliphatic heterocycles. The van der Waals surface area contributed by atoms with E-state index in [1.165, 1.54) is 27.8 Å². The molecule has 0 spiro atoms. The molecule has 1 aliphatic carbocycles. The fraction of sp³-hybridized carbons (Fsp3) is 0.111. The maximum Gasteiger partial charge on any atom is 0.0312 e. The molecule has 96 valence electrons. The van der Waals surface area contributed by atoms with Crippen LogP contribution in [-0.4, -0.2) is 9.97 Å². The smallest absolute Gasteiger partial charge is 0.0312 e. The molecule has 0 N–H and O–H groups in total. The fourth-order valence-electron chi connectivity index (χ4n) is 3.12. The first-order chi connectivity index (χ1) is 9.93. The van der Waals surface area contributed by atoms with Crippen molar-refractivity contribution in [3.8, 4) is 11.1 Å². The Morgan fingerprint density at radius 1 is 0.750 bits per heavy atom. The Labute approximate surface area is 118 Å². The molecule has 3 aromatic rings. The Morgan fingerprint density at radius 3 is 2.40 bits per heavy atom. The van der Waals surface area contributed by atoms with Crippen LogP contribution in [0.5, 0.6) is 0 Å². The SMILES string of the molecule is c1ccc2c(c1)-c1ccncc1C2Cc1ccncc1. The summed E-state index contributed by atoms with van der Waals surface area (Å²) in [5, 5.41) is 0. The van der Waals surface area contributed by atoms with Gasteiger partial charge in [0.05, 0.1) is 0 Å². The van der Waals surface area contributed by atoms with Crippen LogP contribution in [0.2, 0.25) is 0 Å². The van der Waals surface area contributed by atoms with Crippen molar-refractivity contribution >= 4 is 0 Å². The van der Waals surface area contributed by atoms with Crippen molar-refractivity contribution in [1.82, 2.24) is 9.97 Å². The molecular formula is C18H14N2. The molecule has 0 amide bonds. The van der Waals surface area contributed by atoms with Crippen LogP contribution in [0.4, 0.5) is 0 Å². The molecule has 0 saturated carbocycles. The zero-order chi connectivity index (χ0) is 13.4. The molecule has 2 nitrogen and oxygen atoms in total. The first kappa shape index (κ1) is 11.4. The first-order valence-electron chi connectivity index (χ1n) is 6.85. The quantitative estimate of drug-likeness (QED) is 0.698. The largest absolute Gasteiger partial charge is 0.265 e. The van der Waals surface area contributed by atoms with E-state index in [2.05, 4.69) is 52.4 Å². The highest BCUT2D eigenvalue weighted by molar-refractivity contribution is 5.78. The summed E-state index contributed by atoms with van der Waals surface area (Å²) in [7, 11) is 0. The minimum absolute atomic E-state index is 0.400. The minimum atomic E-state index is 0.400.